The number of aliphatic hydroxyl groups excluding tert-OH is 1. The van der Waals surface area contributed by atoms with E-state index in [1.807, 2.05) is 25.3 Å². The number of thiophene rings is 1. The molecule has 0 saturated carbocycles. The van der Waals surface area contributed by atoms with Crippen molar-refractivity contribution in [3.8, 4) is 0 Å². The van der Waals surface area contributed by atoms with E-state index in [9.17, 15) is 9.90 Å². The Bertz CT molecular complexity index is 413. The van der Waals surface area contributed by atoms with Gasteiger partial charge in [0.1, 0.15) is 5.76 Å². The van der Waals surface area contributed by atoms with Gasteiger partial charge in [-0.2, -0.15) is 0 Å². The first kappa shape index (κ1) is 10.4. The molecule has 0 atom stereocenters. The van der Waals surface area contributed by atoms with Gasteiger partial charge in [0.05, 0.1) is 11.0 Å². The van der Waals surface area contributed by atoms with Crippen molar-refractivity contribution in [2.75, 3.05) is 0 Å². The number of rotatable bonds is 1. The molecule has 79 valence electrons. The molecular weight excluding hydrogens is 208 g/mol. The van der Waals surface area contributed by atoms with Crippen molar-refractivity contribution in [1.82, 2.24) is 0 Å². The molecule has 0 aliphatic heterocycles. The van der Waals surface area contributed by atoms with E-state index in [0.29, 0.717) is 18.4 Å². The highest BCUT2D eigenvalue weighted by molar-refractivity contribution is 7.07. The Morgan fingerprint density at radius 1 is 1.47 bits per heavy atom. The normalized spacial score (nSPS) is 20.8. The fourth-order valence-corrected chi connectivity index (χ4v) is 2.53. The van der Waals surface area contributed by atoms with E-state index in [0.717, 1.165) is 5.56 Å². The van der Waals surface area contributed by atoms with Crippen LogP contribution in [0.2, 0.25) is 0 Å². The van der Waals surface area contributed by atoms with Crippen LogP contribution in [0.25, 0.3) is 5.57 Å². The van der Waals surface area contributed by atoms with Gasteiger partial charge in [-0.25, -0.2) is 0 Å². The molecule has 3 heteroatoms. The van der Waals surface area contributed by atoms with Crippen LogP contribution in [0.1, 0.15) is 32.3 Å². The zero-order chi connectivity index (χ0) is 11.1. The number of allylic oxidation sites excluding steroid dienone is 2. The van der Waals surface area contributed by atoms with Gasteiger partial charge in [0.2, 0.25) is 0 Å². The fourth-order valence-electron chi connectivity index (χ4n) is 1.96. The van der Waals surface area contributed by atoms with E-state index in [1.54, 1.807) is 0 Å². The topological polar surface area (TPSA) is 37.3 Å². The molecule has 1 radical (unpaired) electrons. The third-order valence-corrected chi connectivity index (χ3v) is 3.20. The summed E-state index contributed by atoms with van der Waals surface area (Å²) in [6, 6.07) is 1.83. The highest BCUT2D eigenvalue weighted by Gasteiger charge is 2.33. The maximum atomic E-state index is 11.9. The van der Waals surface area contributed by atoms with Crippen LogP contribution >= 0.6 is 11.3 Å². The van der Waals surface area contributed by atoms with Crippen molar-refractivity contribution < 1.29 is 9.90 Å². The monoisotopic (exact) mass is 221 g/mol. The van der Waals surface area contributed by atoms with Gasteiger partial charge in [0.25, 0.3) is 0 Å². The predicted octanol–water partition coefficient (Wildman–Crippen LogP) is 3.21. The highest BCUT2D eigenvalue weighted by atomic mass is 32.1. The van der Waals surface area contributed by atoms with Crippen molar-refractivity contribution in [3.63, 3.8) is 0 Å². The standard InChI is InChI=1S/C12H13O2S/c1-12(2)5-9(13)11(10(14)6-12)8-3-4-15-7-8/h3-4,13H,5-6H2,1-2H3. The number of hydrogen-bond donors (Lipinski definition) is 1. The summed E-state index contributed by atoms with van der Waals surface area (Å²) >= 11 is 1.41. The third kappa shape index (κ3) is 1.97. The molecule has 0 amide bonds. The zero-order valence-electron chi connectivity index (χ0n) is 8.83. The van der Waals surface area contributed by atoms with E-state index >= 15 is 0 Å². The molecule has 0 fully saturated rings. The summed E-state index contributed by atoms with van der Waals surface area (Å²) < 4.78 is 0. The van der Waals surface area contributed by atoms with E-state index in [-0.39, 0.29) is 17.0 Å². The Kier molecular flexibility index (Phi) is 2.43. The minimum atomic E-state index is -0.124. The van der Waals surface area contributed by atoms with Crippen LogP contribution in [0.3, 0.4) is 0 Å². The van der Waals surface area contributed by atoms with Crippen LogP contribution in [0.4, 0.5) is 0 Å². The van der Waals surface area contributed by atoms with Crippen LogP contribution < -0.4 is 0 Å². The molecule has 1 aliphatic rings. The number of hydrogen-bond acceptors (Lipinski definition) is 3. The molecule has 1 aromatic rings. The van der Waals surface area contributed by atoms with Gasteiger partial charge in [-0.1, -0.05) is 13.8 Å². The summed E-state index contributed by atoms with van der Waals surface area (Å²) in [6.07, 6.45) is 1.06. The average Bonchev–Trinajstić information content (AvgIpc) is 2.52. The molecule has 1 aliphatic carbocycles. The summed E-state index contributed by atoms with van der Waals surface area (Å²) in [6.45, 7) is 3.99. The minimum Gasteiger partial charge on any atom is -0.512 e. The number of aliphatic hydroxyl groups is 1. The van der Waals surface area contributed by atoms with Crippen LogP contribution in [0.5, 0.6) is 0 Å². The van der Waals surface area contributed by atoms with Crippen LogP contribution in [0, 0.1) is 10.8 Å². The second-order valence-corrected chi connectivity index (χ2v) is 5.41. The Balaban J connectivity index is 2.44. The smallest absolute Gasteiger partial charge is 0.167 e. The first-order valence-corrected chi connectivity index (χ1v) is 5.78. The molecule has 2 rings (SSSR count). The van der Waals surface area contributed by atoms with E-state index in [2.05, 4.69) is 5.38 Å². The molecule has 0 unspecified atom stereocenters. The summed E-state index contributed by atoms with van der Waals surface area (Å²) in [5, 5.41) is 14.8. The van der Waals surface area contributed by atoms with Crippen molar-refractivity contribution in [2.45, 2.75) is 26.7 Å². The minimum absolute atomic E-state index is 0.0263. The number of ketones is 1. The zero-order valence-corrected chi connectivity index (χ0v) is 9.65. The molecule has 0 bridgehead atoms. The summed E-state index contributed by atoms with van der Waals surface area (Å²) in [5.74, 6) is 0.240. The lowest BCUT2D eigenvalue weighted by Gasteiger charge is -2.29. The summed E-state index contributed by atoms with van der Waals surface area (Å²) in [5.41, 5.74) is 1.08. The van der Waals surface area contributed by atoms with E-state index in [1.165, 1.54) is 11.3 Å². The van der Waals surface area contributed by atoms with Crippen LogP contribution in [-0.4, -0.2) is 10.9 Å². The molecule has 1 N–H and O–H groups in total. The molecule has 0 saturated heterocycles. The number of carbonyl (C=O) groups excluding carboxylic acids is 1. The Morgan fingerprint density at radius 2 is 2.20 bits per heavy atom. The first-order chi connectivity index (χ1) is 6.99. The van der Waals surface area contributed by atoms with Gasteiger partial charge in [0.15, 0.2) is 5.78 Å². The Morgan fingerprint density at radius 3 is 2.73 bits per heavy atom. The van der Waals surface area contributed by atoms with E-state index < -0.39 is 0 Å². The van der Waals surface area contributed by atoms with Crippen molar-refractivity contribution in [2.24, 2.45) is 5.41 Å². The average molecular weight is 221 g/mol. The predicted molar refractivity (Wildman–Crippen MR) is 60.7 cm³/mol. The van der Waals surface area contributed by atoms with Crippen LogP contribution in [0.15, 0.2) is 17.2 Å². The maximum Gasteiger partial charge on any atom is 0.167 e. The first-order valence-electron chi connectivity index (χ1n) is 4.90. The molecule has 0 spiro atoms. The van der Waals surface area contributed by atoms with Gasteiger partial charge in [0, 0.05) is 18.4 Å². The van der Waals surface area contributed by atoms with E-state index in [4.69, 9.17) is 0 Å². The SMILES string of the molecule is CC1(C)CC(=O)C(c2[c]scc2)=C(O)C1. The van der Waals surface area contributed by atoms with Gasteiger partial charge in [-0.3, -0.25) is 4.79 Å². The van der Waals surface area contributed by atoms with Crippen molar-refractivity contribution >= 4 is 22.7 Å². The molecule has 1 aromatic heterocycles. The highest BCUT2D eigenvalue weighted by Crippen LogP contribution is 2.39. The lowest BCUT2D eigenvalue weighted by molar-refractivity contribution is -0.116. The Labute approximate surface area is 93.3 Å². The molecule has 2 nitrogen and oxygen atoms in total. The molecule has 1 heterocycles. The second-order valence-electron chi connectivity index (χ2n) is 4.70. The summed E-state index contributed by atoms with van der Waals surface area (Å²) in [4.78, 5) is 11.9. The maximum absolute atomic E-state index is 11.9. The number of carbonyl (C=O) groups is 1. The molecular formula is C12H13O2S. The summed E-state index contributed by atoms with van der Waals surface area (Å²) in [7, 11) is 0. The lowest BCUT2D eigenvalue weighted by Crippen LogP contribution is -2.24. The van der Waals surface area contributed by atoms with Gasteiger partial charge >= 0.3 is 0 Å². The third-order valence-electron chi connectivity index (χ3n) is 2.59. The van der Waals surface area contributed by atoms with Gasteiger partial charge in [-0.15, -0.1) is 11.3 Å². The van der Waals surface area contributed by atoms with Gasteiger partial charge in [-0.05, 0) is 16.9 Å². The van der Waals surface area contributed by atoms with Crippen molar-refractivity contribution in [1.29, 1.82) is 0 Å². The van der Waals surface area contributed by atoms with Crippen molar-refractivity contribution in [3.05, 3.63) is 28.1 Å². The fraction of sp³-hybridized carbons (Fsp3) is 0.417. The number of Topliss-reactive ketones (excluding diaryl/α,β-unsaturated/α-hetero) is 1. The lowest BCUT2D eigenvalue weighted by atomic mass is 9.75. The molecule has 15 heavy (non-hydrogen) atoms. The quantitative estimate of drug-likeness (QED) is 0.790. The molecule has 0 aromatic carbocycles. The second kappa shape index (κ2) is 3.49. The largest absolute Gasteiger partial charge is 0.512 e. The van der Waals surface area contributed by atoms with Gasteiger partial charge < -0.3 is 5.11 Å². The Hall–Kier alpha value is -1.09. The van der Waals surface area contributed by atoms with Crippen LogP contribution in [-0.2, 0) is 4.79 Å².